The Morgan fingerprint density at radius 3 is 2.37 bits per heavy atom. The highest BCUT2D eigenvalue weighted by atomic mass is 16.5. The van der Waals surface area contributed by atoms with Crippen LogP contribution >= 0.6 is 0 Å². The summed E-state index contributed by atoms with van der Waals surface area (Å²) in [4.78, 5) is 37.1. The Balaban J connectivity index is 1.89. The highest BCUT2D eigenvalue weighted by Crippen LogP contribution is 2.16. The fourth-order valence-electron chi connectivity index (χ4n) is 2.60. The lowest BCUT2D eigenvalue weighted by atomic mass is 10.1. The number of anilines is 2. The normalized spacial score (nSPS) is 10.6. The average Bonchev–Trinajstić information content (AvgIpc) is 2.77. The molecule has 0 radical (unpaired) electrons. The van der Waals surface area contributed by atoms with Gasteiger partial charge in [-0.3, -0.25) is 4.79 Å². The Labute approximate surface area is 173 Å². The van der Waals surface area contributed by atoms with Gasteiger partial charge < -0.3 is 19.8 Å². The fourth-order valence-corrected chi connectivity index (χ4v) is 2.60. The van der Waals surface area contributed by atoms with Gasteiger partial charge in [-0.25, -0.2) is 9.59 Å². The van der Waals surface area contributed by atoms with E-state index in [9.17, 15) is 14.4 Å². The number of benzene rings is 2. The Morgan fingerprint density at radius 1 is 1.03 bits per heavy atom. The molecule has 0 atom stereocenters. The van der Waals surface area contributed by atoms with E-state index >= 15 is 0 Å². The number of carbonyl (C=O) groups excluding carboxylic acids is 2. The number of ether oxygens (including phenoxy) is 1. The van der Waals surface area contributed by atoms with Gasteiger partial charge in [-0.05, 0) is 43.3 Å². The number of rotatable bonds is 7. The lowest BCUT2D eigenvalue weighted by molar-refractivity contribution is 0.0522. The number of nitrogens with one attached hydrogen (secondary N) is 2. The van der Waals surface area contributed by atoms with Gasteiger partial charge in [-0.2, -0.15) is 0 Å². The number of para-hydroxylation sites is 1. The van der Waals surface area contributed by atoms with Crippen molar-refractivity contribution < 1.29 is 18.7 Å². The highest BCUT2D eigenvalue weighted by molar-refractivity contribution is 6.04. The van der Waals surface area contributed by atoms with Gasteiger partial charge >= 0.3 is 11.6 Å². The molecule has 0 saturated heterocycles. The minimum Gasteiger partial charge on any atom is -0.462 e. The summed E-state index contributed by atoms with van der Waals surface area (Å²) >= 11 is 0. The van der Waals surface area contributed by atoms with E-state index in [1.165, 1.54) is 12.1 Å². The second kappa shape index (κ2) is 9.88. The average molecular weight is 404 g/mol. The third-order valence-electron chi connectivity index (χ3n) is 4.01. The fraction of sp³-hybridized carbons (Fsp3) is 0.0870. The van der Waals surface area contributed by atoms with Crippen LogP contribution in [0.1, 0.15) is 33.4 Å². The van der Waals surface area contributed by atoms with Crippen LogP contribution in [0.15, 0.2) is 82.1 Å². The van der Waals surface area contributed by atoms with E-state index in [4.69, 9.17) is 9.15 Å². The van der Waals surface area contributed by atoms with Crippen LogP contribution in [-0.4, -0.2) is 18.5 Å². The van der Waals surface area contributed by atoms with Gasteiger partial charge in [-0.1, -0.05) is 36.4 Å². The van der Waals surface area contributed by atoms with Crippen LogP contribution in [0.25, 0.3) is 6.08 Å². The molecule has 7 heteroatoms. The first kappa shape index (κ1) is 20.6. The lowest BCUT2D eigenvalue weighted by Gasteiger charge is -2.09. The van der Waals surface area contributed by atoms with Crippen molar-refractivity contribution in [1.82, 2.24) is 0 Å². The van der Waals surface area contributed by atoms with Crippen LogP contribution in [0.5, 0.6) is 0 Å². The molecular weight excluding hydrogens is 384 g/mol. The number of hydrogen-bond acceptors (Lipinski definition) is 6. The molecule has 0 unspecified atom stereocenters. The lowest BCUT2D eigenvalue weighted by Crippen LogP contribution is -2.20. The van der Waals surface area contributed by atoms with Crippen molar-refractivity contribution in [3.8, 4) is 0 Å². The van der Waals surface area contributed by atoms with Crippen molar-refractivity contribution in [3.63, 3.8) is 0 Å². The molecule has 3 aromatic rings. The largest absolute Gasteiger partial charge is 0.462 e. The summed E-state index contributed by atoms with van der Waals surface area (Å²) in [7, 11) is 0. The van der Waals surface area contributed by atoms with Gasteiger partial charge in [0.2, 0.25) is 0 Å². The van der Waals surface area contributed by atoms with Crippen LogP contribution in [0.3, 0.4) is 0 Å². The number of amides is 1. The van der Waals surface area contributed by atoms with Crippen LogP contribution in [-0.2, 0) is 4.74 Å². The van der Waals surface area contributed by atoms with E-state index in [0.717, 1.165) is 5.69 Å². The zero-order valence-corrected chi connectivity index (χ0v) is 16.3. The molecule has 1 aromatic heterocycles. The molecule has 3 rings (SSSR count). The van der Waals surface area contributed by atoms with Crippen molar-refractivity contribution >= 4 is 29.3 Å². The van der Waals surface area contributed by atoms with Crippen LogP contribution in [0.4, 0.5) is 11.4 Å². The number of esters is 1. The van der Waals surface area contributed by atoms with Gasteiger partial charge in [0.15, 0.2) is 0 Å². The molecule has 0 aliphatic rings. The Kier molecular flexibility index (Phi) is 6.78. The minimum atomic E-state index is -0.785. The minimum absolute atomic E-state index is 0.0135. The van der Waals surface area contributed by atoms with Crippen LogP contribution < -0.4 is 16.3 Å². The molecule has 0 aliphatic carbocycles. The zero-order valence-electron chi connectivity index (χ0n) is 16.3. The standard InChI is InChI=1S/C23H20N2O5/c1-2-29-22(27)18-15-19(25-21(26)16-9-5-3-6-10-16)23(28)30-20(18)13-14-24-17-11-7-4-8-12-17/h3-15,24H,2H2,1H3,(H,25,26)/b14-13+. The Hall–Kier alpha value is -4.13. The maximum absolute atomic E-state index is 12.4. The summed E-state index contributed by atoms with van der Waals surface area (Å²) < 4.78 is 10.3. The molecule has 2 aromatic carbocycles. The van der Waals surface area contributed by atoms with Gasteiger partial charge in [-0.15, -0.1) is 0 Å². The quantitative estimate of drug-likeness (QED) is 0.574. The van der Waals surface area contributed by atoms with E-state index < -0.39 is 17.5 Å². The van der Waals surface area contributed by atoms with Gasteiger partial charge in [0.25, 0.3) is 5.91 Å². The third kappa shape index (κ3) is 5.23. The summed E-state index contributed by atoms with van der Waals surface area (Å²) in [6.45, 7) is 1.82. The first-order valence-corrected chi connectivity index (χ1v) is 9.28. The summed E-state index contributed by atoms with van der Waals surface area (Å²) in [6.07, 6.45) is 2.99. The molecule has 0 bridgehead atoms. The van der Waals surface area contributed by atoms with Crippen molar-refractivity contribution in [2.24, 2.45) is 0 Å². The monoisotopic (exact) mass is 404 g/mol. The first-order chi connectivity index (χ1) is 14.6. The van der Waals surface area contributed by atoms with E-state index in [1.54, 1.807) is 43.5 Å². The summed E-state index contributed by atoms with van der Waals surface area (Å²) in [5.74, 6) is -1.15. The van der Waals surface area contributed by atoms with Crippen LogP contribution in [0.2, 0.25) is 0 Å². The van der Waals surface area contributed by atoms with Crippen molar-refractivity contribution in [2.75, 3.05) is 17.2 Å². The number of carbonyl (C=O) groups is 2. The van der Waals surface area contributed by atoms with Gasteiger partial charge in [0.05, 0.1) is 6.61 Å². The van der Waals surface area contributed by atoms with Crippen molar-refractivity contribution in [1.29, 1.82) is 0 Å². The summed E-state index contributed by atoms with van der Waals surface area (Å²) in [5, 5.41) is 5.49. The third-order valence-corrected chi connectivity index (χ3v) is 4.01. The predicted octanol–water partition coefficient (Wildman–Crippen LogP) is 4.15. The molecule has 152 valence electrons. The molecule has 7 nitrogen and oxygen atoms in total. The van der Waals surface area contributed by atoms with E-state index in [1.807, 2.05) is 30.3 Å². The second-order valence-corrected chi connectivity index (χ2v) is 6.11. The molecular formula is C23H20N2O5. The maximum atomic E-state index is 12.4. The second-order valence-electron chi connectivity index (χ2n) is 6.11. The zero-order chi connectivity index (χ0) is 21.3. The van der Waals surface area contributed by atoms with Crippen molar-refractivity contribution in [2.45, 2.75) is 6.92 Å². The predicted molar refractivity (Wildman–Crippen MR) is 114 cm³/mol. The van der Waals surface area contributed by atoms with Gasteiger partial charge in [0, 0.05) is 17.5 Å². The van der Waals surface area contributed by atoms with E-state index in [2.05, 4.69) is 10.6 Å². The van der Waals surface area contributed by atoms with E-state index in [-0.39, 0.29) is 23.6 Å². The molecule has 2 N–H and O–H groups in total. The molecule has 0 spiro atoms. The SMILES string of the molecule is CCOC(=O)c1cc(NC(=O)c2ccccc2)c(=O)oc1/C=C/Nc1ccccc1. The van der Waals surface area contributed by atoms with E-state index in [0.29, 0.717) is 5.56 Å². The van der Waals surface area contributed by atoms with Crippen molar-refractivity contribution in [3.05, 3.63) is 100 Å². The topological polar surface area (TPSA) is 97.6 Å². The highest BCUT2D eigenvalue weighted by Gasteiger charge is 2.19. The molecule has 0 saturated carbocycles. The summed E-state index contributed by atoms with van der Waals surface area (Å²) in [5.41, 5.74) is 0.267. The molecule has 30 heavy (non-hydrogen) atoms. The molecule has 1 heterocycles. The molecule has 1 amide bonds. The van der Waals surface area contributed by atoms with Crippen LogP contribution in [0, 0.1) is 0 Å². The number of hydrogen-bond donors (Lipinski definition) is 2. The first-order valence-electron chi connectivity index (χ1n) is 9.28. The summed E-state index contributed by atoms with van der Waals surface area (Å²) in [6, 6.07) is 19.0. The Bertz CT molecular complexity index is 1110. The van der Waals surface area contributed by atoms with Gasteiger partial charge in [0.1, 0.15) is 17.0 Å². The Morgan fingerprint density at radius 2 is 1.70 bits per heavy atom. The molecule has 0 aliphatic heterocycles. The maximum Gasteiger partial charge on any atom is 0.360 e. The smallest absolute Gasteiger partial charge is 0.360 e. The molecule has 0 fully saturated rings.